The van der Waals surface area contributed by atoms with Crippen LogP contribution < -0.4 is 0 Å². The van der Waals surface area contributed by atoms with Gasteiger partial charge in [-0.1, -0.05) is 307 Å². The largest absolute Gasteiger partial charge is 0.462 e. The van der Waals surface area contributed by atoms with E-state index in [-0.39, 0.29) is 31.1 Å². The van der Waals surface area contributed by atoms with Crippen molar-refractivity contribution in [3.8, 4) is 0 Å². The molecule has 0 saturated carbocycles. The first kappa shape index (κ1) is 75.4. The molecule has 0 heterocycles. The number of hydrogen-bond acceptors (Lipinski definition) is 6. The predicted octanol–water partition coefficient (Wildman–Crippen LogP) is 23.7. The minimum absolute atomic E-state index is 0.0728. The Balaban J connectivity index is 4.16. The topological polar surface area (TPSA) is 78.9 Å². The molecule has 0 fully saturated rings. The van der Waals surface area contributed by atoms with E-state index in [1.54, 1.807) is 0 Å². The highest BCUT2D eigenvalue weighted by atomic mass is 16.6. The van der Waals surface area contributed by atoms with Crippen LogP contribution in [0.1, 0.15) is 374 Å². The van der Waals surface area contributed by atoms with Crippen molar-refractivity contribution in [2.24, 2.45) is 0 Å². The van der Waals surface area contributed by atoms with Gasteiger partial charge in [-0.3, -0.25) is 14.4 Å². The SMILES string of the molecule is CCC/C=C\CCCCCCCC(=O)OCC(COC(=O)CCCCCCCCCCCCCCCCC/C=C\C/C=C\CCCCCCC)OC(=O)CCCCCCCCCCCCC/C=C\CCCCCCCCCC. The van der Waals surface area contributed by atoms with E-state index in [1.807, 2.05) is 0 Å². The van der Waals surface area contributed by atoms with Crippen LogP contribution in [-0.4, -0.2) is 37.2 Å². The maximum absolute atomic E-state index is 12.9. The first-order valence-electron chi connectivity index (χ1n) is 34.6. The molecule has 0 saturated heterocycles. The molecule has 0 bridgehead atoms. The van der Waals surface area contributed by atoms with Crippen LogP contribution in [0.4, 0.5) is 0 Å². The Kier molecular flexibility index (Phi) is 64.6. The summed E-state index contributed by atoms with van der Waals surface area (Å²) in [5.74, 6) is -0.863. The fourth-order valence-corrected chi connectivity index (χ4v) is 10.3. The van der Waals surface area contributed by atoms with E-state index < -0.39 is 6.10 Å². The number of hydrogen-bond donors (Lipinski definition) is 0. The fourth-order valence-electron chi connectivity index (χ4n) is 10.3. The van der Waals surface area contributed by atoms with Gasteiger partial charge in [0.15, 0.2) is 6.10 Å². The predicted molar refractivity (Wildman–Crippen MR) is 339 cm³/mol. The zero-order chi connectivity index (χ0) is 56.4. The Bertz CT molecular complexity index is 1350. The number of ether oxygens (including phenoxy) is 3. The molecule has 0 rings (SSSR count). The van der Waals surface area contributed by atoms with Gasteiger partial charge in [0.1, 0.15) is 13.2 Å². The normalized spacial score (nSPS) is 12.3. The molecule has 1 unspecified atom stereocenters. The van der Waals surface area contributed by atoms with Gasteiger partial charge < -0.3 is 14.2 Å². The summed E-state index contributed by atoms with van der Waals surface area (Å²) < 4.78 is 16.9. The molecule has 0 aliphatic carbocycles. The molecule has 6 nitrogen and oxygen atoms in total. The third-order valence-electron chi connectivity index (χ3n) is 15.5. The van der Waals surface area contributed by atoms with Gasteiger partial charge in [-0.2, -0.15) is 0 Å². The summed E-state index contributed by atoms with van der Waals surface area (Å²) in [5.41, 5.74) is 0. The molecule has 0 aromatic heterocycles. The summed E-state index contributed by atoms with van der Waals surface area (Å²) in [6.45, 7) is 6.62. The van der Waals surface area contributed by atoms with Gasteiger partial charge in [-0.05, 0) is 96.3 Å². The molecule has 0 amide bonds. The van der Waals surface area contributed by atoms with Gasteiger partial charge in [0.2, 0.25) is 0 Å². The smallest absolute Gasteiger partial charge is 0.306 e. The Labute approximate surface area is 486 Å². The van der Waals surface area contributed by atoms with Crippen molar-refractivity contribution >= 4 is 17.9 Å². The van der Waals surface area contributed by atoms with Crippen LogP contribution in [0.25, 0.3) is 0 Å². The van der Waals surface area contributed by atoms with E-state index >= 15 is 0 Å². The summed E-state index contributed by atoms with van der Waals surface area (Å²) in [6.07, 6.45) is 84.3. The van der Waals surface area contributed by atoms with Crippen molar-refractivity contribution in [3.63, 3.8) is 0 Å². The number of rotatable bonds is 64. The van der Waals surface area contributed by atoms with Crippen LogP contribution in [0.15, 0.2) is 48.6 Å². The van der Waals surface area contributed by atoms with Crippen molar-refractivity contribution < 1.29 is 28.6 Å². The van der Waals surface area contributed by atoms with Crippen LogP contribution in [0, 0.1) is 0 Å². The second-order valence-electron chi connectivity index (χ2n) is 23.4. The van der Waals surface area contributed by atoms with E-state index in [4.69, 9.17) is 14.2 Å². The summed E-state index contributed by atoms with van der Waals surface area (Å²) >= 11 is 0. The molecule has 456 valence electrons. The summed E-state index contributed by atoms with van der Waals surface area (Å²) in [7, 11) is 0. The van der Waals surface area contributed by atoms with Gasteiger partial charge in [-0.25, -0.2) is 0 Å². The second-order valence-corrected chi connectivity index (χ2v) is 23.4. The molecular formula is C72H132O6. The maximum Gasteiger partial charge on any atom is 0.306 e. The Hall–Kier alpha value is -2.63. The van der Waals surface area contributed by atoms with E-state index in [0.29, 0.717) is 19.3 Å². The van der Waals surface area contributed by atoms with Crippen LogP contribution in [0.2, 0.25) is 0 Å². The molecule has 0 aliphatic heterocycles. The first-order chi connectivity index (χ1) is 38.5. The standard InChI is InChI=1S/C72H132O6/c1-4-7-10-13-16-19-22-24-26-28-30-32-34-35-36-37-39-40-42-44-46-48-50-53-56-59-62-65-71(74)77-68-69(67-76-70(73)64-61-58-55-52-21-18-15-12-9-6-3)78-72(75)66-63-60-57-54-51-49-47-45-43-41-38-33-31-29-27-25-23-20-17-14-11-8-5-2/h12,15,22,24,28-31,69H,4-11,13-14,16-21,23,25-27,32-68H2,1-3H3/b15-12-,24-22-,30-28-,31-29-. The van der Waals surface area contributed by atoms with E-state index in [1.165, 1.54) is 257 Å². The van der Waals surface area contributed by atoms with Gasteiger partial charge in [0, 0.05) is 19.3 Å². The van der Waals surface area contributed by atoms with Gasteiger partial charge in [-0.15, -0.1) is 0 Å². The molecule has 0 radical (unpaired) electrons. The van der Waals surface area contributed by atoms with Crippen molar-refractivity contribution in [2.75, 3.05) is 13.2 Å². The number of esters is 3. The first-order valence-corrected chi connectivity index (χ1v) is 34.6. The van der Waals surface area contributed by atoms with Gasteiger partial charge in [0.25, 0.3) is 0 Å². The van der Waals surface area contributed by atoms with Crippen molar-refractivity contribution in [2.45, 2.75) is 380 Å². The number of carbonyl (C=O) groups excluding carboxylic acids is 3. The van der Waals surface area contributed by atoms with Crippen LogP contribution in [-0.2, 0) is 28.6 Å². The number of carbonyl (C=O) groups is 3. The quantitative estimate of drug-likeness (QED) is 0.0261. The molecule has 0 aliphatic rings. The third-order valence-corrected chi connectivity index (χ3v) is 15.5. The Morgan fingerprint density at radius 2 is 0.487 bits per heavy atom. The van der Waals surface area contributed by atoms with Crippen LogP contribution >= 0.6 is 0 Å². The molecule has 1 atom stereocenters. The maximum atomic E-state index is 12.9. The molecule has 6 heteroatoms. The van der Waals surface area contributed by atoms with E-state index in [2.05, 4.69) is 69.4 Å². The van der Waals surface area contributed by atoms with Crippen molar-refractivity contribution in [1.29, 1.82) is 0 Å². The van der Waals surface area contributed by atoms with Gasteiger partial charge >= 0.3 is 17.9 Å². The highest BCUT2D eigenvalue weighted by Crippen LogP contribution is 2.18. The average molecular weight is 1090 g/mol. The number of unbranched alkanes of at least 4 members (excludes halogenated alkanes) is 45. The molecule has 0 spiro atoms. The second kappa shape index (κ2) is 66.9. The minimum Gasteiger partial charge on any atom is -0.462 e. The van der Waals surface area contributed by atoms with E-state index in [9.17, 15) is 14.4 Å². The number of allylic oxidation sites excluding steroid dienone is 8. The molecule has 0 aromatic rings. The lowest BCUT2D eigenvalue weighted by atomic mass is 10.0. The highest BCUT2D eigenvalue weighted by Gasteiger charge is 2.19. The Morgan fingerprint density at radius 3 is 0.769 bits per heavy atom. The van der Waals surface area contributed by atoms with Crippen molar-refractivity contribution in [1.82, 2.24) is 0 Å². The summed E-state index contributed by atoms with van der Waals surface area (Å²) in [5, 5.41) is 0. The summed E-state index contributed by atoms with van der Waals surface area (Å²) in [6, 6.07) is 0. The zero-order valence-electron chi connectivity index (χ0n) is 52.5. The third kappa shape index (κ3) is 64.2. The molecular weight excluding hydrogens is 961 g/mol. The molecule has 0 N–H and O–H groups in total. The van der Waals surface area contributed by atoms with Gasteiger partial charge in [0.05, 0.1) is 0 Å². The highest BCUT2D eigenvalue weighted by molar-refractivity contribution is 5.71. The van der Waals surface area contributed by atoms with Crippen LogP contribution in [0.3, 0.4) is 0 Å². The van der Waals surface area contributed by atoms with Crippen molar-refractivity contribution in [3.05, 3.63) is 48.6 Å². The lowest BCUT2D eigenvalue weighted by molar-refractivity contribution is -0.167. The van der Waals surface area contributed by atoms with Crippen LogP contribution in [0.5, 0.6) is 0 Å². The lowest BCUT2D eigenvalue weighted by Crippen LogP contribution is -2.30. The van der Waals surface area contributed by atoms with E-state index in [0.717, 1.165) is 77.0 Å². The Morgan fingerprint density at radius 1 is 0.256 bits per heavy atom. The molecule has 0 aromatic carbocycles. The molecule has 78 heavy (non-hydrogen) atoms. The zero-order valence-corrected chi connectivity index (χ0v) is 52.5. The average Bonchev–Trinajstić information content (AvgIpc) is 3.44. The fraction of sp³-hybridized carbons (Fsp3) is 0.847. The lowest BCUT2D eigenvalue weighted by Gasteiger charge is -2.18. The monoisotopic (exact) mass is 1090 g/mol. The summed E-state index contributed by atoms with van der Waals surface area (Å²) in [4.78, 5) is 38.3. The minimum atomic E-state index is -0.776.